The van der Waals surface area contributed by atoms with Crippen molar-refractivity contribution in [1.82, 2.24) is 0 Å². The van der Waals surface area contributed by atoms with Gasteiger partial charge < -0.3 is 4.74 Å². The number of para-hydroxylation sites is 1. The van der Waals surface area contributed by atoms with Gasteiger partial charge in [-0.3, -0.25) is 0 Å². The fraction of sp³-hybridized carbons (Fsp3) is 0.333. The zero-order valence-electron chi connectivity index (χ0n) is 6.56. The Balaban J connectivity index is 2.09. The van der Waals surface area contributed by atoms with E-state index in [4.69, 9.17) is 9.57 Å². The number of rotatable bonds is 0. The van der Waals surface area contributed by atoms with Crippen LogP contribution in [0.1, 0.15) is 5.56 Å². The number of hydrogen-bond acceptors (Lipinski definition) is 3. The minimum atomic E-state index is 0.113. The smallest absolute Gasteiger partial charge is 0.176 e. The third-order valence-corrected chi connectivity index (χ3v) is 2.34. The van der Waals surface area contributed by atoms with Crippen molar-refractivity contribution in [3.05, 3.63) is 29.8 Å². The first-order chi connectivity index (χ1) is 5.95. The molecular formula is C9H9NO2. The van der Waals surface area contributed by atoms with Crippen LogP contribution in [0.5, 0.6) is 0 Å². The average molecular weight is 163 g/mol. The van der Waals surface area contributed by atoms with Crippen molar-refractivity contribution < 1.29 is 9.57 Å². The number of anilines is 1. The zero-order chi connectivity index (χ0) is 7.97. The van der Waals surface area contributed by atoms with Gasteiger partial charge in [-0.25, -0.2) is 9.90 Å². The van der Waals surface area contributed by atoms with E-state index in [0.717, 1.165) is 12.1 Å². The number of hydrogen-bond donors (Lipinski definition) is 0. The maximum Gasteiger partial charge on any atom is 0.176 e. The Kier molecular flexibility index (Phi) is 1.19. The summed E-state index contributed by atoms with van der Waals surface area (Å²) in [6.07, 6.45) is 1.05. The van der Waals surface area contributed by atoms with Crippen LogP contribution < -0.4 is 5.06 Å². The van der Waals surface area contributed by atoms with Crippen molar-refractivity contribution in [3.8, 4) is 0 Å². The molecule has 2 heterocycles. The van der Waals surface area contributed by atoms with Gasteiger partial charge in [-0.05, 0) is 11.6 Å². The van der Waals surface area contributed by atoms with Crippen LogP contribution in [0.2, 0.25) is 0 Å². The fourth-order valence-corrected chi connectivity index (χ4v) is 1.77. The summed E-state index contributed by atoms with van der Waals surface area (Å²) in [7, 11) is 0. The lowest BCUT2D eigenvalue weighted by Crippen LogP contribution is -2.23. The highest BCUT2D eigenvalue weighted by Gasteiger charge is 2.34. The summed E-state index contributed by atoms with van der Waals surface area (Å²) in [6.45, 7) is 0.388. The molecule has 3 nitrogen and oxygen atoms in total. The molecule has 0 N–H and O–H groups in total. The molecule has 62 valence electrons. The van der Waals surface area contributed by atoms with Crippen LogP contribution in [0.3, 0.4) is 0 Å². The Morgan fingerprint density at radius 3 is 3.25 bits per heavy atom. The molecule has 1 aromatic carbocycles. The van der Waals surface area contributed by atoms with Crippen LogP contribution in [-0.4, -0.2) is 13.0 Å². The molecule has 2 aliphatic rings. The van der Waals surface area contributed by atoms with E-state index in [1.165, 1.54) is 5.56 Å². The lowest BCUT2D eigenvalue weighted by atomic mass is 10.2. The van der Waals surface area contributed by atoms with Crippen molar-refractivity contribution >= 4 is 5.69 Å². The summed E-state index contributed by atoms with van der Waals surface area (Å²) >= 11 is 0. The van der Waals surface area contributed by atoms with Crippen LogP contribution in [0, 0.1) is 0 Å². The van der Waals surface area contributed by atoms with Gasteiger partial charge in [0.1, 0.15) is 0 Å². The molecule has 1 aromatic rings. The maximum atomic E-state index is 5.36. The molecule has 0 spiro atoms. The number of nitrogens with zero attached hydrogens (tertiary/aromatic N) is 1. The van der Waals surface area contributed by atoms with E-state index in [2.05, 4.69) is 12.1 Å². The van der Waals surface area contributed by atoms with E-state index in [9.17, 15) is 0 Å². The molecule has 12 heavy (non-hydrogen) atoms. The van der Waals surface area contributed by atoms with Gasteiger partial charge in [0.05, 0.1) is 5.69 Å². The molecule has 0 amide bonds. The van der Waals surface area contributed by atoms with Crippen LogP contribution in [0.25, 0.3) is 0 Å². The van der Waals surface area contributed by atoms with E-state index < -0.39 is 0 Å². The Labute approximate surface area is 70.5 Å². The highest BCUT2D eigenvalue weighted by atomic mass is 16.8. The third kappa shape index (κ3) is 0.722. The Morgan fingerprint density at radius 2 is 2.25 bits per heavy atom. The second-order valence-corrected chi connectivity index (χ2v) is 3.03. The summed E-state index contributed by atoms with van der Waals surface area (Å²) in [6, 6.07) is 8.23. The van der Waals surface area contributed by atoms with Gasteiger partial charge in [0.2, 0.25) is 0 Å². The van der Waals surface area contributed by atoms with Gasteiger partial charge in [-0.1, -0.05) is 18.2 Å². The molecule has 1 fully saturated rings. The third-order valence-electron chi connectivity index (χ3n) is 2.34. The van der Waals surface area contributed by atoms with Gasteiger partial charge in [-0.15, -0.1) is 0 Å². The maximum absolute atomic E-state index is 5.36. The van der Waals surface area contributed by atoms with Crippen LogP contribution in [-0.2, 0) is 16.0 Å². The fourth-order valence-electron chi connectivity index (χ4n) is 1.77. The van der Waals surface area contributed by atoms with Gasteiger partial charge in [0.15, 0.2) is 13.0 Å². The largest absolute Gasteiger partial charge is 0.327 e. The summed E-state index contributed by atoms with van der Waals surface area (Å²) in [5, 5.41) is 1.86. The minimum absolute atomic E-state index is 0.113. The number of fused-ring (bicyclic) bond motifs is 3. The van der Waals surface area contributed by atoms with Gasteiger partial charge in [-0.2, -0.15) is 0 Å². The molecule has 0 aliphatic carbocycles. The summed E-state index contributed by atoms with van der Waals surface area (Å²) in [5.74, 6) is 0. The molecule has 1 unspecified atom stereocenters. The molecule has 3 rings (SSSR count). The molecule has 0 aromatic heterocycles. The van der Waals surface area contributed by atoms with Crippen LogP contribution >= 0.6 is 0 Å². The standard InChI is InChI=1S/C9H9NO2/c1-2-4-8-7(3-1)5-9-10(8)12-6-11-9/h1-4,9H,5-6H2. The van der Waals surface area contributed by atoms with Gasteiger partial charge >= 0.3 is 0 Å². The highest BCUT2D eigenvalue weighted by Crippen LogP contribution is 2.35. The average Bonchev–Trinajstić information content (AvgIpc) is 2.62. The quantitative estimate of drug-likeness (QED) is 0.575. The predicted molar refractivity (Wildman–Crippen MR) is 43.5 cm³/mol. The van der Waals surface area contributed by atoms with Crippen LogP contribution in [0.15, 0.2) is 24.3 Å². The number of benzene rings is 1. The van der Waals surface area contributed by atoms with Crippen molar-refractivity contribution in [2.45, 2.75) is 12.6 Å². The minimum Gasteiger partial charge on any atom is -0.327 e. The lowest BCUT2D eigenvalue weighted by Gasteiger charge is -2.13. The highest BCUT2D eigenvalue weighted by molar-refractivity contribution is 5.56. The van der Waals surface area contributed by atoms with E-state index in [1.54, 1.807) is 0 Å². The van der Waals surface area contributed by atoms with E-state index in [1.807, 2.05) is 17.2 Å². The first kappa shape index (κ1) is 6.46. The lowest BCUT2D eigenvalue weighted by molar-refractivity contribution is 0.0430. The van der Waals surface area contributed by atoms with Crippen molar-refractivity contribution in [2.24, 2.45) is 0 Å². The van der Waals surface area contributed by atoms with Crippen molar-refractivity contribution in [3.63, 3.8) is 0 Å². The molecule has 1 saturated heterocycles. The summed E-state index contributed by atoms with van der Waals surface area (Å²) in [5.41, 5.74) is 2.46. The first-order valence-corrected chi connectivity index (χ1v) is 4.07. The van der Waals surface area contributed by atoms with E-state index >= 15 is 0 Å². The van der Waals surface area contributed by atoms with E-state index in [0.29, 0.717) is 6.79 Å². The van der Waals surface area contributed by atoms with Crippen molar-refractivity contribution in [2.75, 3.05) is 11.9 Å². The molecular weight excluding hydrogens is 154 g/mol. The Hall–Kier alpha value is -1.06. The predicted octanol–water partition coefficient (Wildman–Crippen LogP) is 1.29. The van der Waals surface area contributed by atoms with Gasteiger partial charge in [0.25, 0.3) is 0 Å². The monoisotopic (exact) mass is 163 g/mol. The molecule has 0 bridgehead atoms. The summed E-state index contributed by atoms with van der Waals surface area (Å²) in [4.78, 5) is 5.31. The topological polar surface area (TPSA) is 21.7 Å². The second-order valence-electron chi connectivity index (χ2n) is 3.03. The SMILES string of the molecule is c1ccc2c(c1)CC1OCON21. The van der Waals surface area contributed by atoms with Crippen LogP contribution in [0.4, 0.5) is 5.69 Å². The molecule has 1 atom stereocenters. The Bertz CT molecular complexity index is 313. The normalized spacial score (nSPS) is 25.7. The zero-order valence-corrected chi connectivity index (χ0v) is 6.56. The van der Waals surface area contributed by atoms with E-state index in [-0.39, 0.29) is 6.23 Å². The van der Waals surface area contributed by atoms with Gasteiger partial charge in [0, 0.05) is 6.42 Å². The molecule has 0 saturated carbocycles. The number of ether oxygens (including phenoxy) is 1. The Morgan fingerprint density at radius 1 is 1.33 bits per heavy atom. The van der Waals surface area contributed by atoms with Crippen molar-refractivity contribution in [1.29, 1.82) is 0 Å². The molecule has 2 aliphatic heterocycles. The summed E-state index contributed by atoms with van der Waals surface area (Å²) < 4.78 is 5.36. The molecule has 3 heteroatoms. The second kappa shape index (κ2) is 2.21. The number of hydroxylamine groups is 1. The first-order valence-electron chi connectivity index (χ1n) is 4.07. The molecule has 0 radical (unpaired) electrons.